The quantitative estimate of drug-likeness (QED) is 0.484. The molecule has 1 saturated carbocycles. The van der Waals surface area contributed by atoms with Gasteiger partial charge in [-0.25, -0.2) is 4.98 Å². The van der Waals surface area contributed by atoms with E-state index >= 15 is 0 Å². The zero-order valence-electron chi connectivity index (χ0n) is 15.5. The molecule has 2 aromatic rings. The van der Waals surface area contributed by atoms with Crippen LogP contribution in [-0.2, 0) is 9.53 Å². The fourth-order valence-electron chi connectivity index (χ4n) is 2.64. The average molecular weight is 388 g/mol. The highest BCUT2D eigenvalue weighted by atomic mass is 32.2. The number of rotatable bonds is 10. The summed E-state index contributed by atoms with van der Waals surface area (Å²) in [5.41, 5.74) is 1.38. The van der Waals surface area contributed by atoms with Crippen LogP contribution in [0.15, 0.2) is 35.4 Å². The first-order chi connectivity index (χ1) is 13.2. The maximum Gasteiger partial charge on any atom is 0.252 e. The first-order valence-electron chi connectivity index (χ1n) is 9.35. The monoisotopic (exact) mass is 387 g/mol. The number of hydrogen-bond acceptors (Lipinski definition) is 5. The summed E-state index contributed by atoms with van der Waals surface area (Å²) in [4.78, 5) is 29.2. The van der Waals surface area contributed by atoms with Crippen molar-refractivity contribution in [2.24, 2.45) is 0 Å². The lowest BCUT2D eigenvalue weighted by molar-refractivity contribution is -0.118. The van der Waals surface area contributed by atoms with Crippen LogP contribution < -0.4 is 10.6 Å². The Hall–Kier alpha value is -2.12. The Labute approximate surface area is 163 Å². The molecule has 1 aromatic heterocycles. The maximum atomic E-state index is 12.6. The second-order valence-electron chi connectivity index (χ2n) is 6.46. The van der Waals surface area contributed by atoms with Crippen molar-refractivity contribution in [3.63, 3.8) is 0 Å². The number of fused-ring (bicyclic) bond motifs is 1. The number of para-hydroxylation sites is 1. The summed E-state index contributed by atoms with van der Waals surface area (Å²) >= 11 is 1.34. The highest BCUT2D eigenvalue weighted by Gasteiger charge is 2.25. The number of thioether (sulfide) groups is 1. The molecule has 0 aliphatic heterocycles. The molecule has 1 fully saturated rings. The third-order valence-corrected chi connectivity index (χ3v) is 5.10. The standard InChI is InChI=1S/C20H25N3O3S/c1-2-26-11-5-10-21-18(24)13-27-19-12-16(20(25)22-14-8-9-14)15-6-3-4-7-17(15)23-19/h3-4,6-7,12,14H,2,5,8-11,13H2,1H3,(H,21,24)(H,22,25). The Morgan fingerprint density at radius 2 is 2.11 bits per heavy atom. The Morgan fingerprint density at radius 1 is 1.30 bits per heavy atom. The van der Waals surface area contributed by atoms with Crippen LogP contribution in [0.3, 0.4) is 0 Å². The second-order valence-corrected chi connectivity index (χ2v) is 7.46. The van der Waals surface area contributed by atoms with Crippen molar-refractivity contribution in [2.75, 3.05) is 25.5 Å². The lowest BCUT2D eigenvalue weighted by Gasteiger charge is -2.10. The number of benzene rings is 1. The Kier molecular flexibility index (Phi) is 7.06. The van der Waals surface area contributed by atoms with Crippen LogP contribution in [0.2, 0.25) is 0 Å². The lowest BCUT2D eigenvalue weighted by Crippen LogP contribution is -2.27. The number of nitrogens with zero attached hydrogens (tertiary/aromatic N) is 1. The minimum atomic E-state index is -0.0710. The van der Waals surface area contributed by atoms with E-state index in [1.165, 1.54) is 11.8 Å². The van der Waals surface area contributed by atoms with Gasteiger partial charge in [-0.2, -0.15) is 0 Å². The van der Waals surface area contributed by atoms with Gasteiger partial charge in [-0.05, 0) is 38.3 Å². The molecular weight excluding hydrogens is 362 g/mol. The number of ether oxygens (including phenoxy) is 1. The van der Waals surface area contributed by atoms with Gasteiger partial charge in [0.05, 0.1) is 21.9 Å². The topological polar surface area (TPSA) is 80.3 Å². The second kappa shape index (κ2) is 9.71. The van der Waals surface area contributed by atoms with Gasteiger partial charge in [0.15, 0.2) is 0 Å². The molecule has 0 atom stereocenters. The van der Waals surface area contributed by atoms with Gasteiger partial charge < -0.3 is 15.4 Å². The summed E-state index contributed by atoms with van der Waals surface area (Å²) in [5.74, 6) is 0.151. The summed E-state index contributed by atoms with van der Waals surface area (Å²) < 4.78 is 5.25. The van der Waals surface area contributed by atoms with Gasteiger partial charge in [0.1, 0.15) is 0 Å². The minimum Gasteiger partial charge on any atom is -0.382 e. The van der Waals surface area contributed by atoms with Crippen LogP contribution in [0.1, 0.15) is 36.5 Å². The predicted molar refractivity (Wildman–Crippen MR) is 107 cm³/mol. The van der Waals surface area contributed by atoms with E-state index in [0.717, 1.165) is 30.2 Å². The molecular formula is C20H25N3O3S. The number of aromatic nitrogens is 1. The molecule has 1 heterocycles. The third kappa shape index (κ3) is 5.94. The van der Waals surface area contributed by atoms with Crippen LogP contribution in [0, 0.1) is 0 Å². The number of pyridine rings is 1. The fraction of sp³-hybridized carbons (Fsp3) is 0.450. The average Bonchev–Trinajstić information content (AvgIpc) is 3.49. The van der Waals surface area contributed by atoms with Crippen LogP contribution in [0.4, 0.5) is 0 Å². The Bertz CT molecular complexity index is 808. The van der Waals surface area contributed by atoms with E-state index in [9.17, 15) is 9.59 Å². The molecule has 3 rings (SSSR count). The van der Waals surface area contributed by atoms with Crippen LogP contribution in [-0.4, -0.2) is 48.4 Å². The summed E-state index contributed by atoms with van der Waals surface area (Å²) in [6, 6.07) is 9.68. The minimum absolute atomic E-state index is 0.0459. The number of carbonyl (C=O) groups is 2. The van der Waals surface area contributed by atoms with Crippen LogP contribution in [0.25, 0.3) is 10.9 Å². The van der Waals surface area contributed by atoms with Gasteiger partial charge in [-0.3, -0.25) is 9.59 Å². The summed E-state index contributed by atoms with van der Waals surface area (Å²) in [5, 5.41) is 7.42. The largest absolute Gasteiger partial charge is 0.382 e. The van der Waals surface area contributed by atoms with Crippen LogP contribution >= 0.6 is 11.8 Å². The van der Waals surface area contributed by atoms with Crippen LogP contribution in [0.5, 0.6) is 0 Å². The first-order valence-corrected chi connectivity index (χ1v) is 10.3. The number of nitrogens with one attached hydrogen (secondary N) is 2. The first kappa shape index (κ1) is 19.6. The molecule has 144 valence electrons. The zero-order chi connectivity index (χ0) is 19.1. The Morgan fingerprint density at radius 3 is 2.89 bits per heavy atom. The van der Waals surface area contributed by atoms with E-state index < -0.39 is 0 Å². The highest BCUT2D eigenvalue weighted by Crippen LogP contribution is 2.26. The van der Waals surface area contributed by atoms with Gasteiger partial charge in [-0.1, -0.05) is 30.0 Å². The molecule has 0 bridgehead atoms. The van der Waals surface area contributed by atoms with Crippen molar-refractivity contribution in [1.29, 1.82) is 0 Å². The molecule has 2 N–H and O–H groups in total. The van der Waals surface area contributed by atoms with E-state index in [1.807, 2.05) is 31.2 Å². The number of hydrogen-bond donors (Lipinski definition) is 2. The van der Waals surface area contributed by atoms with Crippen molar-refractivity contribution in [3.8, 4) is 0 Å². The van der Waals surface area contributed by atoms with Gasteiger partial charge >= 0.3 is 0 Å². The smallest absolute Gasteiger partial charge is 0.252 e. The molecule has 2 amide bonds. The third-order valence-electron chi connectivity index (χ3n) is 4.19. The molecule has 6 nitrogen and oxygen atoms in total. The van der Waals surface area contributed by atoms with E-state index in [-0.39, 0.29) is 17.6 Å². The number of carbonyl (C=O) groups excluding carboxylic acids is 2. The van der Waals surface area contributed by atoms with Crippen molar-refractivity contribution < 1.29 is 14.3 Å². The molecule has 0 unspecified atom stereocenters. The van der Waals surface area contributed by atoms with E-state index in [4.69, 9.17) is 4.74 Å². The Balaban J connectivity index is 1.62. The number of amides is 2. The molecule has 1 aliphatic carbocycles. The van der Waals surface area contributed by atoms with Crippen molar-refractivity contribution in [2.45, 2.75) is 37.3 Å². The fourth-order valence-corrected chi connectivity index (χ4v) is 3.39. The molecule has 1 aromatic carbocycles. The molecule has 1 aliphatic rings. The van der Waals surface area contributed by atoms with Crippen molar-refractivity contribution in [1.82, 2.24) is 15.6 Å². The van der Waals surface area contributed by atoms with E-state index in [1.54, 1.807) is 6.07 Å². The van der Waals surface area contributed by atoms with Crippen molar-refractivity contribution in [3.05, 3.63) is 35.9 Å². The highest BCUT2D eigenvalue weighted by molar-refractivity contribution is 7.99. The summed E-state index contributed by atoms with van der Waals surface area (Å²) in [7, 11) is 0. The maximum absolute atomic E-state index is 12.6. The molecule has 0 radical (unpaired) electrons. The van der Waals surface area contributed by atoms with E-state index in [0.29, 0.717) is 36.4 Å². The van der Waals surface area contributed by atoms with Gasteiger partial charge in [0.25, 0.3) is 5.91 Å². The van der Waals surface area contributed by atoms with Crippen molar-refractivity contribution >= 4 is 34.5 Å². The zero-order valence-corrected chi connectivity index (χ0v) is 16.3. The molecule has 27 heavy (non-hydrogen) atoms. The van der Waals surface area contributed by atoms with Gasteiger partial charge in [0, 0.05) is 31.2 Å². The normalized spacial score (nSPS) is 13.5. The van der Waals surface area contributed by atoms with E-state index in [2.05, 4.69) is 15.6 Å². The van der Waals surface area contributed by atoms with Gasteiger partial charge in [0.2, 0.25) is 5.91 Å². The molecule has 0 spiro atoms. The SMILES string of the molecule is CCOCCCNC(=O)CSc1cc(C(=O)NC2CC2)c2ccccc2n1. The summed E-state index contributed by atoms with van der Waals surface area (Å²) in [6.45, 7) is 3.88. The molecule has 0 saturated heterocycles. The van der Waals surface area contributed by atoms with Gasteiger partial charge in [-0.15, -0.1) is 0 Å². The molecule has 7 heteroatoms. The predicted octanol–water partition coefficient (Wildman–Crippen LogP) is 2.76. The lowest BCUT2D eigenvalue weighted by atomic mass is 10.1. The summed E-state index contributed by atoms with van der Waals surface area (Å²) in [6.07, 6.45) is 2.88.